The molecular weight excluding hydrogens is 750 g/mol. The number of ether oxygens (including phenoxy) is 3. The molecule has 3 N–H and O–H groups in total. The highest BCUT2D eigenvalue weighted by Crippen LogP contribution is 2.50. The molecule has 16 nitrogen and oxygen atoms in total. The van der Waals surface area contributed by atoms with Crippen molar-refractivity contribution in [3.63, 3.8) is 0 Å². The fraction of sp³-hybridized carbons (Fsp3) is 0.688. The minimum Gasteiger partial charge on any atom is -0.438 e. The average molecular weight is 795 g/mol. The maximum Gasteiger partial charge on any atom is 0.351 e. The van der Waals surface area contributed by atoms with Crippen LogP contribution in [0.2, 0.25) is 5.15 Å². The van der Waals surface area contributed by atoms with Gasteiger partial charge in [-0.05, 0) is 59.4 Å². The van der Waals surface area contributed by atoms with Gasteiger partial charge in [0.1, 0.15) is 41.8 Å². The lowest BCUT2D eigenvalue weighted by molar-refractivity contribution is -0.163. The summed E-state index contributed by atoms with van der Waals surface area (Å²) in [5.41, 5.74) is -2.71. The zero-order valence-corrected chi connectivity index (χ0v) is 32.2. The van der Waals surface area contributed by atoms with Gasteiger partial charge in [-0.1, -0.05) is 25.4 Å². The Balaban J connectivity index is 1.52. The number of aliphatic hydroxyl groups is 2. The van der Waals surface area contributed by atoms with Crippen LogP contribution in [0.3, 0.4) is 0 Å². The second kappa shape index (κ2) is 16.2. The second-order valence-electron chi connectivity index (χ2n) is 14.2. The van der Waals surface area contributed by atoms with Crippen LogP contribution in [0, 0.1) is 22.2 Å². The summed E-state index contributed by atoms with van der Waals surface area (Å²) in [5.74, 6) is -2.40. The average Bonchev–Trinajstić information content (AvgIpc) is 3.58. The van der Waals surface area contributed by atoms with Gasteiger partial charge < -0.3 is 34.3 Å². The molecule has 2 aromatic heterocycles. The summed E-state index contributed by atoms with van der Waals surface area (Å²) in [4.78, 5) is 29.1. The van der Waals surface area contributed by atoms with Gasteiger partial charge in [0.2, 0.25) is 13.6 Å². The van der Waals surface area contributed by atoms with E-state index in [1.165, 1.54) is 10.8 Å². The van der Waals surface area contributed by atoms with Crippen LogP contribution in [-0.2, 0) is 47.2 Å². The summed E-state index contributed by atoms with van der Waals surface area (Å²) in [6.45, 7) is 8.05. The topological polar surface area (TPSA) is 226 Å². The molecule has 0 unspecified atom stereocenters. The third-order valence-corrected chi connectivity index (χ3v) is 14.4. The number of fused-ring (bicyclic) bond motifs is 1. The van der Waals surface area contributed by atoms with Crippen LogP contribution in [0.25, 0.3) is 11.0 Å². The first-order chi connectivity index (χ1) is 24.2. The van der Waals surface area contributed by atoms with E-state index in [-0.39, 0.29) is 35.2 Å². The zero-order chi connectivity index (χ0) is 38.8. The SMILES string of the molecule is CCC(C)(C)C(=O)OCOP(=O)(CS(=O)(=O)C[C@H]1O[C@@H](n2ccc3c(NC4CC(F)C4)c(C#N)c(Cl)nc32)[C@H](O)[C@@H]1O)OCOC(=O)C(C)(C)CC. The monoisotopic (exact) mass is 794 g/mol. The first-order valence-electron chi connectivity index (χ1n) is 16.6. The highest BCUT2D eigenvalue weighted by atomic mass is 35.5. The molecule has 0 amide bonds. The molecule has 1 aliphatic carbocycles. The van der Waals surface area contributed by atoms with Gasteiger partial charge in [0.15, 0.2) is 26.7 Å². The lowest BCUT2D eigenvalue weighted by Gasteiger charge is -2.31. The van der Waals surface area contributed by atoms with E-state index in [1.54, 1.807) is 47.6 Å². The summed E-state index contributed by atoms with van der Waals surface area (Å²) in [6, 6.07) is 3.27. The van der Waals surface area contributed by atoms with Gasteiger partial charge in [-0.2, -0.15) is 5.26 Å². The molecule has 4 rings (SSSR count). The fourth-order valence-corrected chi connectivity index (χ4v) is 9.66. The van der Waals surface area contributed by atoms with Crippen molar-refractivity contribution in [1.29, 1.82) is 5.26 Å². The van der Waals surface area contributed by atoms with Gasteiger partial charge in [-0.15, -0.1) is 0 Å². The number of pyridine rings is 1. The number of alkyl halides is 1. The van der Waals surface area contributed by atoms with Crippen LogP contribution >= 0.6 is 19.2 Å². The number of hydrogen-bond donors (Lipinski definition) is 3. The Morgan fingerprint density at radius 2 is 1.67 bits per heavy atom. The van der Waals surface area contributed by atoms with Crippen molar-refractivity contribution in [2.75, 3.05) is 30.1 Å². The van der Waals surface area contributed by atoms with E-state index < -0.39 is 95.7 Å². The number of anilines is 1. The van der Waals surface area contributed by atoms with Crippen LogP contribution in [0.15, 0.2) is 12.3 Å². The number of sulfone groups is 1. The van der Waals surface area contributed by atoms with Gasteiger partial charge in [0.05, 0.1) is 22.3 Å². The van der Waals surface area contributed by atoms with Crippen molar-refractivity contribution in [2.45, 2.75) is 104 Å². The minimum absolute atomic E-state index is 0.0210. The Hall–Kier alpha value is -2.88. The van der Waals surface area contributed by atoms with Crippen LogP contribution < -0.4 is 5.32 Å². The molecule has 290 valence electrons. The first kappa shape index (κ1) is 41.9. The van der Waals surface area contributed by atoms with Crippen molar-refractivity contribution < 1.29 is 60.4 Å². The van der Waals surface area contributed by atoms with Gasteiger partial charge in [0.25, 0.3) is 0 Å². The number of halogens is 2. The van der Waals surface area contributed by atoms with Crippen LogP contribution in [-0.4, -0.2) is 95.5 Å². The number of esters is 2. The Labute approximate surface area is 306 Å². The maximum atomic E-state index is 13.8. The Morgan fingerprint density at radius 3 is 2.17 bits per heavy atom. The smallest absolute Gasteiger partial charge is 0.351 e. The predicted molar refractivity (Wildman–Crippen MR) is 185 cm³/mol. The molecule has 20 heteroatoms. The van der Waals surface area contributed by atoms with Gasteiger partial charge in [-0.25, -0.2) is 17.8 Å². The molecule has 0 aromatic carbocycles. The highest BCUT2D eigenvalue weighted by molar-refractivity contribution is 7.97. The first-order valence-corrected chi connectivity index (χ1v) is 20.6. The van der Waals surface area contributed by atoms with Gasteiger partial charge in [0, 0.05) is 17.6 Å². The second-order valence-corrected chi connectivity index (χ2v) is 19.1. The maximum absolute atomic E-state index is 13.8. The quantitative estimate of drug-likeness (QED) is 0.0863. The Kier molecular flexibility index (Phi) is 13.1. The van der Waals surface area contributed by atoms with E-state index in [2.05, 4.69) is 10.3 Å². The third kappa shape index (κ3) is 9.43. The largest absolute Gasteiger partial charge is 0.438 e. The van der Waals surface area contributed by atoms with Crippen molar-refractivity contribution in [2.24, 2.45) is 10.8 Å². The van der Waals surface area contributed by atoms with E-state index in [0.717, 1.165) is 0 Å². The van der Waals surface area contributed by atoms with E-state index in [0.29, 0.717) is 23.9 Å². The molecule has 1 saturated carbocycles. The molecule has 2 fully saturated rings. The summed E-state index contributed by atoms with van der Waals surface area (Å²) >= 11 is 6.33. The molecule has 4 atom stereocenters. The molecule has 1 saturated heterocycles. The molecule has 1 aliphatic heterocycles. The summed E-state index contributed by atoms with van der Waals surface area (Å²) < 4.78 is 81.8. The molecular formula is C32H45ClFN4O12PS. The van der Waals surface area contributed by atoms with Crippen LogP contribution in [0.4, 0.5) is 10.1 Å². The predicted octanol–water partition coefficient (Wildman–Crippen LogP) is 4.57. The lowest BCUT2D eigenvalue weighted by Crippen LogP contribution is -2.36. The summed E-state index contributed by atoms with van der Waals surface area (Å²) in [7, 11) is -9.25. The molecule has 3 heterocycles. The van der Waals surface area contributed by atoms with Gasteiger partial charge >= 0.3 is 19.5 Å². The van der Waals surface area contributed by atoms with E-state index in [4.69, 9.17) is 34.9 Å². The number of nitrogens with one attached hydrogen (secondary N) is 1. The van der Waals surface area contributed by atoms with E-state index in [9.17, 15) is 42.4 Å². The van der Waals surface area contributed by atoms with Crippen molar-refractivity contribution in [1.82, 2.24) is 9.55 Å². The van der Waals surface area contributed by atoms with Crippen LogP contribution in [0.5, 0.6) is 0 Å². The van der Waals surface area contributed by atoms with Crippen molar-refractivity contribution in [3.05, 3.63) is 23.0 Å². The van der Waals surface area contributed by atoms with Crippen molar-refractivity contribution >= 4 is 57.7 Å². The lowest BCUT2D eigenvalue weighted by atomic mass is 9.90. The summed E-state index contributed by atoms with van der Waals surface area (Å²) in [6.07, 6.45) is -4.69. The number of hydrogen-bond acceptors (Lipinski definition) is 15. The fourth-order valence-electron chi connectivity index (χ4n) is 5.22. The van der Waals surface area contributed by atoms with Crippen molar-refractivity contribution in [3.8, 4) is 6.07 Å². The number of nitrogens with zero attached hydrogens (tertiary/aromatic N) is 3. The molecule has 0 spiro atoms. The molecule has 52 heavy (non-hydrogen) atoms. The number of carbonyl (C=O) groups excluding carboxylic acids is 2. The molecule has 0 radical (unpaired) electrons. The minimum atomic E-state index is -4.72. The standard InChI is InChI=1S/C32H45ClFN4O12PS/c1-7-31(3,4)29(41)46-15-48-51(43,49-16-47-30(42)32(5,6)8-2)17-52(44,45)14-22-24(39)25(40)28(50-22)38-10-9-20-23(36-19-11-18(34)12-19)21(13-35)26(33)37-27(20)38/h9-10,18-19,22,24-25,28,39-40H,7-8,11-12,14-17H2,1-6H3,(H,36,37)/t18?,19?,22-,24-,25-,28-/m1/s1. The number of nitriles is 1. The third-order valence-electron chi connectivity index (χ3n) is 9.49. The Bertz CT molecular complexity index is 1810. The van der Waals surface area contributed by atoms with Crippen LogP contribution in [0.1, 0.15) is 79.0 Å². The Morgan fingerprint density at radius 1 is 1.12 bits per heavy atom. The number of aromatic nitrogens is 2. The molecule has 2 aromatic rings. The zero-order valence-electron chi connectivity index (χ0n) is 29.7. The van der Waals surface area contributed by atoms with E-state index >= 15 is 0 Å². The summed E-state index contributed by atoms with van der Waals surface area (Å²) in [5, 5.41) is 34.9. The number of rotatable bonds is 17. The highest BCUT2D eigenvalue weighted by Gasteiger charge is 2.47. The number of aliphatic hydroxyl groups excluding tert-OH is 2. The molecule has 0 bridgehead atoms. The molecule has 2 aliphatic rings. The number of carbonyl (C=O) groups is 2. The normalized spacial score (nSPS) is 23.9. The van der Waals surface area contributed by atoms with Gasteiger partial charge in [-0.3, -0.25) is 23.2 Å². The van der Waals surface area contributed by atoms with E-state index in [1.807, 2.05) is 6.07 Å².